The van der Waals surface area contributed by atoms with Crippen molar-refractivity contribution in [1.82, 2.24) is 4.90 Å². The van der Waals surface area contributed by atoms with Crippen LogP contribution < -0.4 is 5.32 Å². The molecule has 2 aliphatic heterocycles. The van der Waals surface area contributed by atoms with Crippen LogP contribution in [0.15, 0.2) is 82.5 Å². The summed E-state index contributed by atoms with van der Waals surface area (Å²) in [5.74, 6) is -1.10. The Kier molecular flexibility index (Phi) is 7.21. The van der Waals surface area contributed by atoms with E-state index < -0.39 is 12.0 Å². The molecule has 0 spiro atoms. The van der Waals surface area contributed by atoms with E-state index in [4.69, 9.17) is 4.74 Å². The average Bonchev–Trinajstić information content (AvgIpc) is 3.21. The van der Waals surface area contributed by atoms with Crippen LogP contribution in [0.4, 0.5) is 10.1 Å². The predicted molar refractivity (Wildman–Crippen MR) is 137 cm³/mol. The second-order valence-corrected chi connectivity index (χ2v) is 9.21. The zero-order valence-corrected chi connectivity index (χ0v) is 20.6. The Balaban J connectivity index is 1.69. The summed E-state index contributed by atoms with van der Waals surface area (Å²) in [6.07, 6.45) is 1.58. The van der Waals surface area contributed by atoms with Crippen LogP contribution in [-0.2, 0) is 14.3 Å². The molecule has 4 rings (SSSR count). The lowest BCUT2D eigenvalue weighted by molar-refractivity contribution is -0.138. The first-order chi connectivity index (χ1) is 16.8. The number of aryl methyl sites for hydroxylation is 2. The van der Waals surface area contributed by atoms with Gasteiger partial charge >= 0.3 is 5.97 Å². The third-order valence-electron chi connectivity index (χ3n) is 5.75. The molecule has 0 radical (unpaired) electrons. The molecule has 1 amide bonds. The number of amides is 1. The van der Waals surface area contributed by atoms with Gasteiger partial charge in [0, 0.05) is 11.4 Å². The number of aliphatic imine (C=N–C) groups is 1. The van der Waals surface area contributed by atoms with Gasteiger partial charge in [-0.2, -0.15) is 0 Å². The number of carbonyl (C=O) groups is 2. The molecule has 8 heteroatoms. The summed E-state index contributed by atoms with van der Waals surface area (Å²) >= 11 is 1.41. The Morgan fingerprint density at radius 1 is 1.20 bits per heavy atom. The average molecular weight is 492 g/mol. The maximum atomic E-state index is 13.2. The van der Waals surface area contributed by atoms with Crippen molar-refractivity contribution in [3.8, 4) is 0 Å². The molecule has 180 valence electrons. The number of amidine groups is 1. The van der Waals surface area contributed by atoms with E-state index in [1.54, 1.807) is 6.92 Å². The molecule has 0 fully saturated rings. The van der Waals surface area contributed by atoms with E-state index in [0.29, 0.717) is 27.8 Å². The number of thioether (sulfide) groups is 1. The summed E-state index contributed by atoms with van der Waals surface area (Å²) in [7, 11) is 0. The highest BCUT2D eigenvalue weighted by Crippen LogP contribution is 2.45. The van der Waals surface area contributed by atoms with E-state index in [1.807, 2.05) is 36.3 Å². The van der Waals surface area contributed by atoms with Crippen molar-refractivity contribution in [2.45, 2.75) is 33.2 Å². The smallest absolute Gasteiger partial charge is 0.338 e. The van der Waals surface area contributed by atoms with E-state index in [2.05, 4.69) is 23.0 Å². The van der Waals surface area contributed by atoms with Crippen molar-refractivity contribution in [1.29, 1.82) is 0 Å². The Hall–Kier alpha value is -3.65. The standard InChI is InChI=1S/C27H26FN3O3S/c1-5-12-34-26(33)24-18(4)29-27-31(25(24)22-13-16(2)6-7-17(22)3)21(15-35-27)14-23(32)30-20-10-8-19(28)9-11-20/h5-11,13,15,25H,1,12,14H2,2-4H3,(H,30,32). The number of ether oxygens (including phenoxy) is 1. The number of nitrogens with zero attached hydrogens (tertiary/aromatic N) is 2. The van der Waals surface area contributed by atoms with Crippen LogP contribution in [0.1, 0.15) is 36.1 Å². The van der Waals surface area contributed by atoms with Crippen molar-refractivity contribution < 1.29 is 18.7 Å². The largest absolute Gasteiger partial charge is 0.458 e. The first-order valence-electron chi connectivity index (χ1n) is 11.1. The highest BCUT2D eigenvalue weighted by atomic mass is 32.2. The molecule has 1 atom stereocenters. The highest BCUT2D eigenvalue weighted by Gasteiger charge is 2.41. The van der Waals surface area contributed by atoms with Crippen molar-refractivity contribution in [3.63, 3.8) is 0 Å². The van der Waals surface area contributed by atoms with Gasteiger partial charge in [-0.05, 0) is 61.6 Å². The highest BCUT2D eigenvalue weighted by molar-refractivity contribution is 8.16. The first-order valence-corrected chi connectivity index (χ1v) is 12.0. The number of hydrogen-bond acceptors (Lipinski definition) is 6. The van der Waals surface area contributed by atoms with Crippen molar-refractivity contribution in [3.05, 3.63) is 100 Å². The van der Waals surface area contributed by atoms with Crippen LogP contribution in [0.25, 0.3) is 0 Å². The third-order valence-corrected chi connectivity index (χ3v) is 6.64. The lowest BCUT2D eigenvalue weighted by Gasteiger charge is -2.37. The third kappa shape index (κ3) is 5.22. The van der Waals surface area contributed by atoms with E-state index in [0.717, 1.165) is 16.7 Å². The Morgan fingerprint density at radius 3 is 2.66 bits per heavy atom. The molecule has 0 aromatic heterocycles. The number of nitrogens with one attached hydrogen (secondary N) is 1. The van der Waals surface area contributed by atoms with Crippen molar-refractivity contribution in [2.24, 2.45) is 4.99 Å². The van der Waals surface area contributed by atoms with Gasteiger partial charge in [0.2, 0.25) is 5.91 Å². The lowest BCUT2D eigenvalue weighted by atomic mass is 9.90. The number of carbonyl (C=O) groups excluding carboxylic acids is 2. The molecule has 1 unspecified atom stereocenters. The fourth-order valence-electron chi connectivity index (χ4n) is 4.09. The lowest BCUT2D eigenvalue weighted by Crippen LogP contribution is -2.38. The second kappa shape index (κ2) is 10.3. The zero-order valence-electron chi connectivity index (χ0n) is 19.8. The number of anilines is 1. The van der Waals surface area contributed by atoms with E-state index in [9.17, 15) is 14.0 Å². The molecule has 0 aliphatic carbocycles. The van der Waals surface area contributed by atoms with Crippen LogP contribution >= 0.6 is 11.8 Å². The van der Waals surface area contributed by atoms with Crippen molar-refractivity contribution >= 4 is 34.5 Å². The van der Waals surface area contributed by atoms with Gasteiger partial charge in [0.05, 0.1) is 23.7 Å². The summed E-state index contributed by atoms with van der Waals surface area (Å²) < 4.78 is 18.7. The zero-order chi connectivity index (χ0) is 25.1. The fraction of sp³-hybridized carbons (Fsp3) is 0.222. The Bertz CT molecular complexity index is 1280. The SMILES string of the molecule is C=CCOC(=O)C1=C(C)N=C2SC=C(CC(=O)Nc3ccc(F)cc3)N2C1c1cc(C)ccc1C. The summed E-state index contributed by atoms with van der Waals surface area (Å²) in [5, 5.41) is 5.37. The van der Waals surface area contributed by atoms with Gasteiger partial charge in [-0.3, -0.25) is 4.79 Å². The summed E-state index contributed by atoms with van der Waals surface area (Å²) in [6.45, 7) is 9.51. The van der Waals surface area contributed by atoms with Gasteiger partial charge in [0.1, 0.15) is 12.4 Å². The maximum absolute atomic E-state index is 13.2. The quantitative estimate of drug-likeness (QED) is 0.393. The van der Waals surface area contributed by atoms with E-state index in [1.165, 1.54) is 42.1 Å². The van der Waals surface area contributed by atoms with Crippen LogP contribution in [0.3, 0.4) is 0 Å². The van der Waals surface area contributed by atoms with E-state index >= 15 is 0 Å². The van der Waals surface area contributed by atoms with Gasteiger partial charge in [-0.1, -0.05) is 48.2 Å². The molecule has 0 saturated heterocycles. The van der Waals surface area contributed by atoms with Crippen molar-refractivity contribution in [2.75, 3.05) is 11.9 Å². The second-order valence-electron chi connectivity index (χ2n) is 8.37. The molecule has 2 aromatic rings. The molecule has 2 aliphatic rings. The number of hydrogen-bond donors (Lipinski definition) is 1. The minimum Gasteiger partial charge on any atom is -0.458 e. The first kappa shape index (κ1) is 24.5. The number of allylic oxidation sites excluding steroid dienone is 1. The molecule has 35 heavy (non-hydrogen) atoms. The molecule has 2 heterocycles. The van der Waals surface area contributed by atoms with Gasteiger partial charge < -0.3 is 15.0 Å². The van der Waals surface area contributed by atoms with Gasteiger partial charge in [-0.15, -0.1) is 0 Å². The van der Waals surface area contributed by atoms with Gasteiger partial charge in [-0.25, -0.2) is 14.2 Å². The Labute approximate surface area is 208 Å². The fourth-order valence-corrected chi connectivity index (χ4v) is 5.06. The summed E-state index contributed by atoms with van der Waals surface area (Å²) in [4.78, 5) is 32.7. The van der Waals surface area contributed by atoms with Crippen LogP contribution in [-0.4, -0.2) is 28.6 Å². The van der Waals surface area contributed by atoms with Crippen LogP contribution in [0.5, 0.6) is 0 Å². The molecule has 2 aromatic carbocycles. The van der Waals surface area contributed by atoms with Crippen LogP contribution in [0, 0.1) is 19.7 Å². The minimum atomic E-state index is -0.500. The topological polar surface area (TPSA) is 71.0 Å². The van der Waals surface area contributed by atoms with Gasteiger partial charge in [0.25, 0.3) is 0 Å². The molecule has 1 N–H and O–H groups in total. The maximum Gasteiger partial charge on any atom is 0.338 e. The molecule has 0 saturated carbocycles. The number of halogens is 1. The van der Waals surface area contributed by atoms with Gasteiger partial charge in [0.15, 0.2) is 5.17 Å². The number of rotatable bonds is 7. The molecular weight excluding hydrogens is 465 g/mol. The predicted octanol–water partition coefficient (Wildman–Crippen LogP) is 5.78. The monoisotopic (exact) mass is 491 g/mol. The minimum absolute atomic E-state index is 0.0544. The molecule has 0 bridgehead atoms. The normalized spacial score (nSPS) is 16.9. The molecule has 6 nitrogen and oxygen atoms in total. The number of fused-ring (bicyclic) bond motifs is 1. The van der Waals surface area contributed by atoms with E-state index in [-0.39, 0.29) is 24.8 Å². The number of benzene rings is 2. The summed E-state index contributed by atoms with van der Waals surface area (Å²) in [5.41, 5.74) is 5.22. The summed E-state index contributed by atoms with van der Waals surface area (Å²) in [6, 6.07) is 11.2. The number of esters is 1. The molecular formula is C27H26FN3O3S. The van der Waals surface area contributed by atoms with Crippen LogP contribution in [0.2, 0.25) is 0 Å². The Morgan fingerprint density at radius 2 is 1.94 bits per heavy atom.